The first-order valence-electron chi connectivity index (χ1n) is 13.0. The lowest BCUT2D eigenvalue weighted by Gasteiger charge is -2.22. The molecule has 0 aromatic heterocycles. The highest BCUT2D eigenvalue weighted by Gasteiger charge is 2.25. The molecular formula is C30H39FN4O6. The molecule has 2 amide bonds. The topological polar surface area (TPSA) is 141 Å². The molecule has 0 aliphatic rings. The van der Waals surface area contributed by atoms with Crippen LogP contribution in [0, 0.1) is 5.82 Å². The molecule has 10 nitrogen and oxygen atoms in total. The zero-order valence-electron chi connectivity index (χ0n) is 24.5. The van der Waals surface area contributed by atoms with Gasteiger partial charge in [-0.3, -0.25) is 4.99 Å². The fourth-order valence-corrected chi connectivity index (χ4v) is 3.50. The van der Waals surface area contributed by atoms with Crippen LogP contribution < -0.4 is 16.4 Å². The monoisotopic (exact) mass is 570 g/mol. The summed E-state index contributed by atoms with van der Waals surface area (Å²) in [5.41, 5.74) is 7.21. The first-order valence-corrected chi connectivity index (χ1v) is 13.0. The Bertz CT molecular complexity index is 1280. The number of nitrogens with two attached hydrogens (primary N) is 1. The Labute approximate surface area is 240 Å². The van der Waals surface area contributed by atoms with E-state index in [4.69, 9.17) is 19.9 Å². The number of nitrogens with one attached hydrogen (secondary N) is 2. The SMILES string of the molecule is COC(=O)C(Cc1ccc(N=CC(=CN)c2cc(F)cc(CNC(=O)OC(C)(C)C)c2)cc1)NC(=O)OC(C)(C)C. The van der Waals surface area contributed by atoms with Crippen LogP contribution in [-0.2, 0) is 32.0 Å². The lowest BCUT2D eigenvalue weighted by molar-refractivity contribution is -0.143. The van der Waals surface area contributed by atoms with Crippen molar-refractivity contribution in [3.8, 4) is 0 Å². The summed E-state index contributed by atoms with van der Waals surface area (Å²) >= 11 is 0. The minimum Gasteiger partial charge on any atom is -0.467 e. The third kappa shape index (κ3) is 12.1. The average molecular weight is 571 g/mol. The zero-order valence-corrected chi connectivity index (χ0v) is 24.5. The fraction of sp³-hybridized carbons (Fsp3) is 0.400. The number of hydrogen-bond acceptors (Lipinski definition) is 8. The summed E-state index contributed by atoms with van der Waals surface area (Å²) in [4.78, 5) is 40.8. The summed E-state index contributed by atoms with van der Waals surface area (Å²) in [6.45, 7) is 10.5. The molecule has 0 aliphatic heterocycles. The van der Waals surface area contributed by atoms with Gasteiger partial charge in [0.15, 0.2) is 0 Å². The molecule has 222 valence electrons. The summed E-state index contributed by atoms with van der Waals surface area (Å²) in [5, 5.41) is 5.14. The van der Waals surface area contributed by atoms with Crippen molar-refractivity contribution in [3.05, 3.63) is 71.2 Å². The predicted octanol–water partition coefficient (Wildman–Crippen LogP) is 5.16. The molecule has 0 aliphatic carbocycles. The third-order valence-electron chi connectivity index (χ3n) is 5.21. The Morgan fingerprint density at radius 3 is 2.12 bits per heavy atom. The minimum atomic E-state index is -0.942. The number of esters is 1. The number of ether oxygens (including phenoxy) is 3. The second-order valence-corrected chi connectivity index (χ2v) is 11.2. The molecule has 0 saturated carbocycles. The Kier molecular flexibility index (Phi) is 11.4. The molecule has 1 atom stereocenters. The van der Waals surface area contributed by atoms with Crippen molar-refractivity contribution >= 4 is 35.6 Å². The molecule has 1 unspecified atom stereocenters. The maximum absolute atomic E-state index is 14.4. The Morgan fingerprint density at radius 2 is 1.56 bits per heavy atom. The van der Waals surface area contributed by atoms with Gasteiger partial charge < -0.3 is 30.6 Å². The number of carbonyl (C=O) groups excluding carboxylic acids is 3. The van der Waals surface area contributed by atoms with E-state index >= 15 is 0 Å². The van der Waals surface area contributed by atoms with E-state index in [2.05, 4.69) is 15.6 Å². The van der Waals surface area contributed by atoms with Crippen LogP contribution in [0.5, 0.6) is 0 Å². The number of alkyl carbamates (subject to hydrolysis) is 2. The number of amides is 2. The second kappa shape index (κ2) is 14.3. The number of aliphatic imine (C=N–C) groups is 1. The normalized spacial score (nSPS) is 12.9. The standard InChI is InChI=1S/C30H39FN4O6/c1-29(2,3)40-27(37)34-17-20-12-21(15-23(31)13-20)22(16-32)18-33-24-10-8-19(9-11-24)14-25(26(36)39-7)35-28(38)41-30(4,5)6/h8-13,15-16,18,25H,14,17,32H2,1-7H3,(H,34,37)(H,35,38). The van der Waals surface area contributed by atoms with Gasteiger partial charge in [-0.15, -0.1) is 0 Å². The maximum Gasteiger partial charge on any atom is 0.408 e. The van der Waals surface area contributed by atoms with Gasteiger partial charge in [0.25, 0.3) is 0 Å². The van der Waals surface area contributed by atoms with Crippen molar-refractivity contribution in [2.75, 3.05) is 7.11 Å². The van der Waals surface area contributed by atoms with Crippen molar-refractivity contribution in [3.63, 3.8) is 0 Å². The van der Waals surface area contributed by atoms with E-state index in [0.29, 0.717) is 22.4 Å². The van der Waals surface area contributed by atoms with Crippen molar-refractivity contribution in [2.24, 2.45) is 10.7 Å². The lowest BCUT2D eigenvalue weighted by Crippen LogP contribution is -2.45. The number of methoxy groups -OCH3 is 1. The summed E-state index contributed by atoms with van der Waals surface area (Å²) < 4.78 is 29.6. The quantitative estimate of drug-likeness (QED) is 0.215. The number of allylic oxidation sites excluding steroid dienone is 1. The van der Waals surface area contributed by atoms with Crippen molar-refractivity contribution in [1.29, 1.82) is 0 Å². The van der Waals surface area contributed by atoms with Crippen molar-refractivity contribution in [1.82, 2.24) is 10.6 Å². The molecule has 2 rings (SSSR count). The van der Waals surface area contributed by atoms with Crippen LogP contribution in [0.3, 0.4) is 0 Å². The van der Waals surface area contributed by atoms with Gasteiger partial charge in [0.05, 0.1) is 12.8 Å². The number of halogens is 1. The molecular weight excluding hydrogens is 531 g/mol. The first kappa shape index (κ1) is 32.8. The highest BCUT2D eigenvalue weighted by atomic mass is 19.1. The van der Waals surface area contributed by atoms with Crippen LogP contribution in [-0.4, -0.2) is 48.7 Å². The van der Waals surface area contributed by atoms with Crippen molar-refractivity contribution < 1.29 is 33.0 Å². The Morgan fingerprint density at radius 1 is 0.951 bits per heavy atom. The highest BCUT2D eigenvalue weighted by Crippen LogP contribution is 2.20. The summed E-state index contributed by atoms with van der Waals surface area (Å²) in [6.07, 6.45) is 1.64. The summed E-state index contributed by atoms with van der Waals surface area (Å²) in [6, 6.07) is 10.3. The van der Waals surface area contributed by atoms with E-state index in [9.17, 15) is 18.8 Å². The molecule has 0 radical (unpaired) electrons. The summed E-state index contributed by atoms with van der Waals surface area (Å²) in [7, 11) is 1.24. The third-order valence-corrected chi connectivity index (χ3v) is 5.21. The van der Waals surface area contributed by atoms with E-state index in [-0.39, 0.29) is 13.0 Å². The zero-order chi connectivity index (χ0) is 30.8. The molecule has 0 fully saturated rings. The molecule has 11 heteroatoms. The van der Waals surface area contributed by atoms with Crippen LogP contribution in [0.25, 0.3) is 5.57 Å². The predicted molar refractivity (Wildman–Crippen MR) is 155 cm³/mol. The highest BCUT2D eigenvalue weighted by molar-refractivity contribution is 6.10. The Hall–Kier alpha value is -4.41. The molecule has 0 saturated heterocycles. The van der Waals surface area contributed by atoms with E-state index in [0.717, 1.165) is 5.56 Å². The van der Waals surface area contributed by atoms with Crippen molar-refractivity contribution in [2.45, 2.75) is 71.8 Å². The largest absolute Gasteiger partial charge is 0.467 e. The molecule has 41 heavy (non-hydrogen) atoms. The maximum atomic E-state index is 14.4. The van der Waals surface area contributed by atoms with Gasteiger partial charge in [-0.05, 0) is 88.6 Å². The van der Waals surface area contributed by atoms with Gasteiger partial charge in [-0.2, -0.15) is 0 Å². The van der Waals surface area contributed by atoms with Crippen LogP contribution in [0.15, 0.2) is 53.7 Å². The first-order chi connectivity index (χ1) is 19.1. The van der Waals surface area contributed by atoms with Gasteiger partial charge >= 0.3 is 18.2 Å². The van der Waals surface area contributed by atoms with Gasteiger partial charge in [0.2, 0.25) is 0 Å². The molecule has 4 N–H and O–H groups in total. The molecule has 2 aromatic rings. The van der Waals surface area contributed by atoms with Crippen LogP contribution >= 0.6 is 0 Å². The lowest BCUT2D eigenvalue weighted by atomic mass is 10.0. The smallest absolute Gasteiger partial charge is 0.408 e. The number of nitrogens with zero attached hydrogens (tertiary/aromatic N) is 1. The van der Waals surface area contributed by atoms with Crippen LogP contribution in [0.1, 0.15) is 58.2 Å². The Balaban J connectivity index is 2.10. The van der Waals surface area contributed by atoms with Crippen LogP contribution in [0.4, 0.5) is 19.7 Å². The molecule has 0 heterocycles. The van der Waals surface area contributed by atoms with E-state index in [1.165, 1.54) is 31.7 Å². The summed E-state index contributed by atoms with van der Waals surface area (Å²) in [5.74, 6) is -1.10. The molecule has 0 bridgehead atoms. The molecule has 2 aromatic carbocycles. The number of hydrogen-bond donors (Lipinski definition) is 3. The number of benzene rings is 2. The van der Waals surface area contributed by atoms with E-state index in [1.54, 1.807) is 71.9 Å². The molecule has 0 spiro atoms. The fourth-order valence-electron chi connectivity index (χ4n) is 3.50. The van der Waals surface area contributed by atoms with Gasteiger partial charge in [-0.25, -0.2) is 18.8 Å². The van der Waals surface area contributed by atoms with Gasteiger partial charge in [0, 0.05) is 31.0 Å². The van der Waals surface area contributed by atoms with Gasteiger partial charge in [0.1, 0.15) is 23.1 Å². The van der Waals surface area contributed by atoms with Crippen LogP contribution in [0.2, 0.25) is 0 Å². The number of carbonyl (C=O) groups is 3. The second-order valence-electron chi connectivity index (χ2n) is 11.2. The number of rotatable bonds is 9. The minimum absolute atomic E-state index is 0.0610. The average Bonchev–Trinajstić information content (AvgIpc) is 2.85. The van der Waals surface area contributed by atoms with E-state index in [1.807, 2.05) is 0 Å². The van der Waals surface area contributed by atoms with Gasteiger partial charge in [-0.1, -0.05) is 12.1 Å². The van der Waals surface area contributed by atoms with E-state index < -0.39 is 41.2 Å².